The maximum Gasteiger partial charge on any atom is 0.191 e. The number of rotatable bonds is 5. The first-order chi connectivity index (χ1) is 12.1. The van der Waals surface area contributed by atoms with Crippen molar-refractivity contribution in [3.05, 3.63) is 45.4 Å². The highest BCUT2D eigenvalue weighted by Gasteiger charge is 2.23. The number of halogens is 2. The highest BCUT2D eigenvalue weighted by atomic mass is 127. The molecule has 1 fully saturated rings. The number of guanidine groups is 1. The molecule has 2 N–H and O–H groups in total. The number of aliphatic imine (C=N–C) groups is 1. The molecule has 1 aliphatic heterocycles. The third kappa shape index (κ3) is 5.99. The predicted octanol–water partition coefficient (Wildman–Crippen LogP) is 3.71. The van der Waals surface area contributed by atoms with Crippen molar-refractivity contribution in [2.24, 2.45) is 4.99 Å². The smallest absolute Gasteiger partial charge is 0.191 e. The van der Waals surface area contributed by atoms with Gasteiger partial charge in [-0.1, -0.05) is 17.7 Å². The second kappa shape index (κ2) is 10.3. The first-order valence-electron chi connectivity index (χ1n) is 8.53. The Morgan fingerprint density at radius 2 is 2.31 bits per heavy atom. The van der Waals surface area contributed by atoms with Crippen LogP contribution in [-0.4, -0.2) is 43.7 Å². The monoisotopic (exact) mass is 505 g/mol. The Morgan fingerprint density at radius 1 is 1.46 bits per heavy atom. The Bertz CT molecular complexity index is 736. The molecule has 1 unspecified atom stereocenters. The van der Waals surface area contributed by atoms with Gasteiger partial charge in [-0.05, 0) is 31.5 Å². The van der Waals surface area contributed by atoms with Gasteiger partial charge in [0, 0.05) is 60.9 Å². The Morgan fingerprint density at radius 3 is 3.00 bits per heavy atom. The average Bonchev–Trinajstić information content (AvgIpc) is 3.23. The van der Waals surface area contributed by atoms with Crippen LogP contribution in [0.5, 0.6) is 0 Å². The Hall–Kier alpha value is -1.06. The zero-order valence-electron chi connectivity index (χ0n) is 15.0. The third-order valence-corrected chi connectivity index (χ3v) is 5.43. The number of aromatic nitrogens is 1. The van der Waals surface area contributed by atoms with Crippen LogP contribution < -0.4 is 15.5 Å². The maximum absolute atomic E-state index is 6.10. The lowest BCUT2D eigenvalue weighted by Crippen LogP contribution is -2.45. The van der Waals surface area contributed by atoms with Crippen molar-refractivity contribution in [1.29, 1.82) is 0 Å². The summed E-state index contributed by atoms with van der Waals surface area (Å²) in [5, 5.41) is 8.84. The number of nitrogens with one attached hydrogen (secondary N) is 2. The van der Waals surface area contributed by atoms with Crippen LogP contribution in [0.1, 0.15) is 16.3 Å². The van der Waals surface area contributed by atoms with Gasteiger partial charge in [-0.2, -0.15) is 0 Å². The molecule has 1 aliphatic rings. The minimum Gasteiger partial charge on any atom is -0.369 e. The molecule has 26 heavy (non-hydrogen) atoms. The van der Waals surface area contributed by atoms with E-state index >= 15 is 0 Å². The molecule has 1 atom stereocenters. The van der Waals surface area contributed by atoms with E-state index in [1.54, 1.807) is 11.3 Å². The van der Waals surface area contributed by atoms with Crippen molar-refractivity contribution in [3.8, 4) is 0 Å². The summed E-state index contributed by atoms with van der Waals surface area (Å²) in [4.78, 5) is 12.3. The molecule has 2 heterocycles. The van der Waals surface area contributed by atoms with Crippen molar-refractivity contribution >= 4 is 58.6 Å². The Kier molecular flexibility index (Phi) is 8.43. The molecule has 8 heteroatoms. The molecular formula is C18H25ClIN5S. The molecule has 1 aromatic carbocycles. The van der Waals surface area contributed by atoms with Crippen LogP contribution in [0, 0.1) is 6.92 Å². The molecule has 0 saturated carbocycles. The van der Waals surface area contributed by atoms with Crippen LogP contribution in [0.2, 0.25) is 5.02 Å². The van der Waals surface area contributed by atoms with Crippen molar-refractivity contribution in [2.45, 2.75) is 25.8 Å². The summed E-state index contributed by atoms with van der Waals surface area (Å²) in [6.07, 6.45) is 3.92. The highest BCUT2D eigenvalue weighted by molar-refractivity contribution is 14.0. The summed E-state index contributed by atoms with van der Waals surface area (Å²) in [5.41, 5.74) is 1.18. The first kappa shape index (κ1) is 21.2. The standard InChI is InChI=1S/C18H24ClN5S.HI/c1-13-11-22-17(25-13)6-8-21-18(20-2)23-15-7-9-24(12-15)16-5-3-4-14(19)10-16;/h3-5,10-11,15H,6-9,12H2,1-2H3,(H2,20,21,23);1H. The number of nitrogens with zero attached hydrogens (tertiary/aromatic N) is 3. The molecule has 0 amide bonds. The summed E-state index contributed by atoms with van der Waals surface area (Å²) >= 11 is 7.85. The number of thiazole rings is 1. The van der Waals surface area contributed by atoms with Crippen molar-refractivity contribution in [1.82, 2.24) is 15.6 Å². The van der Waals surface area contributed by atoms with Crippen LogP contribution in [0.3, 0.4) is 0 Å². The zero-order chi connectivity index (χ0) is 17.6. The van der Waals surface area contributed by atoms with Gasteiger partial charge in [-0.15, -0.1) is 35.3 Å². The van der Waals surface area contributed by atoms with E-state index in [0.717, 1.165) is 48.5 Å². The fourth-order valence-electron chi connectivity index (χ4n) is 2.98. The third-order valence-electron chi connectivity index (χ3n) is 4.23. The molecule has 0 aliphatic carbocycles. The normalized spacial score (nSPS) is 17.1. The summed E-state index contributed by atoms with van der Waals surface area (Å²) in [6, 6.07) is 8.42. The van der Waals surface area contributed by atoms with Gasteiger partial charge in [0.05, 0.1) is 5.01 Å². The van der Waals surface area contributed by atoms with Crippen LogP contribution in [-0.2, 0) is 6.42 Å². The Labute approximate surface area is 181 Å². The van der Waals surface area contributed by atoms with E-state index in [1.807, 2.05) is 31.4 Å². The zero-order valence-corrected chi connectivity index (χ0v) is 18.9. The summed E-state index contributed by atoms with van der Waals surface area (Å²) in [6.45, 7) is 4.89. The van der Waals surface area contributed by atoms with Gasteiger partial charge in [-0.25, -0.2) is 4.98 Å². The van der Waals surface area contributed by atoms with E-state index in [4.69, 9.17) is 11.6 Å². The summed E-state index contributed by atoms with van der Waals surface area (Å²) in [5.74, 6) is 0.853. The van der Waals surface area contributed by atoms with Crippen molar-refractivity contribution < 1.29 is 0 Å². The van der Waals surface area contributed by atoms with Gasteiger partial charge in [0.1, 0.15) is 0 Å². The van der Waals surface area contributed by atoms with E-state index in [-0.39, 0.29) is 24.0 Å². The molecule has 1 saturated heterocycles. The van der Waals surface area contributed by atoms with Gasteiger partial charge in [0.15, 0.2) is 5.96 Å². The van der Waals surface area contributed by atoms with Gasteiger partial charge in [-0.3, -0.25) is 4.99 Å². The topological polar surface area (TPSA) is 52.6 Å². The number of hydrogen-bond acceptors (Lipinski definition) is 4. The summed E-state index contributed by atoms with van der Waals surface area (Å²) in [7, 11) is 1.81. The van der Waals surface area contributed by atoms with Crippen molar-refractivity contribution in [2.75, 3.05) is 31.6 Å². The van der Waals surface area contributed by atoms with E-state index in [0.29, 0.717) is 6.04 Å². The number of aryl methyl sites for hydroxylation is 1. The minimum atomic E-state index is 0. The van der Waals surface area contributed by atoms with Gasteiger partial charge in [0.25, 0.3) is 0 Å². The Balaban J connectivity index is 0.00000243. The molecule has 2 aromatic rings. The van der Waals surface area contributed by atoms with Crippen LogP contribution in [0.25, 0.3) is 0 Å². The second-order valence-electron chi connectivity index (χ2n) is 6.17. The molecule has 0 spiro atoms. The minimum absolute atomic E-state index is 0. The first-order valence-corrected chi connectivity index (χ1v) is 9.72. The predicted molar refractivity (Wildman–Crippen MR) is 123 cm³/mol. The number of benzene rings is 1. The van der Waals surface area contributed by atoms with Gasteiger partial charge < -0.3 is 15.5 Å². The van der Waals surface area contributed by atoms with E-state index in [9.17, 15) is 0 Å². The van der Waals surface area contributed by atoms with Crippen LogP contribution in [0.15, 0.2) is 35.5 Å². The molecule has 142 valence electrons. The molecule has 1 aromatic heterocycles. The van der Waals surface area contributed by atoms with Gasteiger partial charge >= 0.3 is 0 Å². The SMILES string of the molecule is CN=C(NCCc1ncc(C)s1)NC1CCN(c2cccc(Cl)c2)C1.I. The highest BCUT2D eigenvalue weighted by Crippen LogP contribution is 2.23. The lowest BCUT2D eigenvalue weighted by atomic mass is 10.2. The number of hydrogen-bond donors (Lipinski definition) is 2. The lowest BCUT2D eigenvalue weighted by Gasteiger charge is -2.20. The largest absolute Gasteiger partial charge is 0.369 e. The van der Waals surface area contributed by atoms with E-state index < -0.39 is 0 Å². The lowest BCUT2D eigenvalue weighted by molar-refractivity contribution is 0.648. The molecule has 0 bridgehead atoms. The molecule has 5 nitrogen and oxygen atoms in total. The average molecular weight is 506 g/mol. The van der Waals surface area contributed by atoms with Gasteiger partial charge in [0.2, 0.25) is 0 Å². The number of anilines is 1. The second-order valence-corrected chi connectivity index (χ2v) is 7.93. The van der Waals surface area contributed by atoms with Crippen LogP contribution in [0.4, 0.5) is 5.69 Å². The molecule has 0 radical (unpaired) electrons. The van der Waals surface area contributed by atoms with Crippen LogP contribution >= 0.6 is 46.9 Å². The maximum atomic E-state index is 6.10. The fourth-order valence-corrected chi connectivity index (χ4v) is 3.95. The quantitative estimate of drug-likeness (QED) is 0.370. The molecule has 3 rings (SSSR count). The fraction of sp³-hybridized carbons (Fsp3) is 0.444. The van der Waals surface area contributed by atoms with E-state index in [2.05, 4.69) is 38.5 Å². The van der Waals surface area contributed by atoms with Crippen molar-refractivity contribution in [3.63, 3.8) is 0 Å². The molecular weight excluding hydrogens is 481 g/mol. The van der Waals surface area contributed by atoms with E-state index in [1.165, 1.54) is 10.6 Å². The summed E-state index contributed by atoms with van der Waals surface area (Å²) < 4.78 is 0.